The molecule has 0 fully saturated rings. The van der Waals surface area contributed by atoms with Crippen molar-refractivity contribution >= 4 is 5.91 Å². The van der Waals surface area contributed by atoms with E-state index in [1.807, 2.05) is 6.08 Å². The molecule has 2 atom stereocenters. The molecular formula is C38H61NO3. The highest BCUT2D eigenvalue weighted by Crippen LogP contribution is 2.06. The molecule has 4 heteroatoms. The zero-order chi connectivity index (χ0) is 30.8. The van der Waals surface area contributed by atoms with E-state index in [1.54, 1.807) is 6.08 Å². The van der Waals surface area contributed by atoms with Gasteiger partial charge in [-0.15, -0.1) is 0 Å². The summed E-state index contributed by atoms with van der Waals surface area (Å²) >= 11 is 0. The Labute approximate surface area is 258 Å². The Morgan fingerprint density at radius 3 is 1.60 bits per heavy atom. The molecule has 0 aromatic rings. The number of unbranched alkanes of at least 4 members (excludes halogenated alkanes) is 6. The third-order valence-electron chi connectivity index (χ3n) is 6.51. The molecule has 0 aromatic heterocycles. The summed E-state index contributed by atoms with van der Waals surface area (Å²) in [6, 6.07) is -0.666. The van der Waals surface area contributed by atoms with Crippen LogP contribution in [0.25, 0.3) is 0 Å². The summed E-state index contributed by atoms with van der Waals surface area (Å²) in [5.74, 6) is -0.118. The van der Waals surface area contributed by atoms with E-state index in [9.17, 15) is 15.0 Å². The van der Waals surface area contributed by atoms with Crippen LogP contribution in [0.1, 0.15) is 117 Å². The Kier molecular flexibility index (Phi) is 30.7. The molecule has 0 saturated heterocycles. The lowest BCUT2D eigenvalue weighted by atomic mass is 10.1. The van der Waals surface area contributed by atoms with E-state index in [0.29, 0.717) is 6.42 Å². The second-order valence-corrected chi connectivity index (χ2v) is 10.5. The average molecular weight is 580 g/mol. The average Bonchev–Trinajstić information content (AvgIpc) is 2.99. The highest BCUT2D eigenvalue weighted by Gasteiger charge is 2.17. The monoisotopic (exact) mass is 579 g/mol. The number of allylic oxidation sites excluding steroid dienone is 15. The number of aliphatic hydroxyl groups is 2. The van der Waals surface area contributed by atoms with Gasteiger partial charge in [-0.1, -0.05) is 124 Å². The van der Waals surface area contributed by atoms with Gasteiger partial charge in [0.25, 0.3) is 0 Å². The number of rotatable bonds is 27. The molecule has 0 bridgehead atoms. The van der Waals surface area contributed by atoms with Crippen molar-refractivity contribution in [2.45, 2.75) is 129 Å². The van der Waals surface area contributed by atoms with Crippen LogP contribution in [-0.4, -0.2) is 34.9 Å². The third kappa shape index (κ3) is 28.8. The summed E-state index contributed by atoms with van der Waals surface area (Å²) in [4.78, 5) is 12.3. The van der Waals surface area contributed by atoms with Crippen molar-refractivity contribution in [3.63, 3.8) is 0 Å². The Morgan fingerprint density at radius 2 is 1.07 bits per heavy atom. The van der Waals surface area contributed by atoms with Gasteiger partial charge in [-0.2, -0.15) is 0 Å². The zero-order valence-corrected chi connectivity index (χ0v) is 26.7. The number of amides is 1. The lowest BCUT2D eigenvalue weighted by molar-refractivity contribution is -0.123. The van der Waals surface area contributed by atoms with Crippen LogP contribution < -0.4 is 5.32 Å². The van der Waals surface area contributed by atoms with E-state index in [4.69, 9.17) is 0 Å². The predicted molar refractivity (Wildman–Crippen MR) is 183 cm³/mol. The molecule has 4 nitrogen and oxygen atoms in total. The normalized spacial score (nSPS) is 14.5. The molecule has 0 saturated carbocycles. The molecule has 236 valence electrons. The summed E-state index contributed by atoms with van der Waals surface area (Å²) in [5.41, 5.74) is 0. The van der Waals surface area contributed by atoms with Crippen LogP contribution in [0, 0.1) is 0 Å². The van der Waals surface area contributed by atoms with E-state index >= 15 is 0 Å². The fraction of sp³-hybridized carbons (Fsp3) is 0.553. The molecule has 0 aliphatic rings. The minimum Gasteiger partial charge on any atom is -0.394 e. The standard InChI is InChI=1S/C38H61NO3/c1-3-5-7-9-11-13-15-16-17-18-19-20-21-22-24-26-28-30-32-34-38(42)39-36(35-40)37(41)33-31-29-27-25-23-14-12-10-8-6-4-2/h5,7-8,10-11,13,16-17,19-20,22-25,31,33,36-37,40-41H,3-4,6,9,12,14-15,18,21,26-30,32,34-35H2,1-2H3,(H,39,42)/b7-5-,10-8+,13-11-,17-16-,20-19-,24-22-,25-23+,33-31+. The van der Waals surface area contributed by atoms with Crippen LogP contribution in [0.4, 0.5) is 0 Å². The van der Waals surface area contributed by atoms with E-state index < -0.39 is 12.1 Å². The van der Waals surface area contributed by atoms with Gasteiger partial charge in [0.2, 0.25) is 5.91 Å². The van der Waals surface area contributed by atoms with Crippen molar-refractivity contribution in [1.82, 2.24) is 5.32 Å². The van der Waals surface area contributed by atoms with Crippen molar-refractivity contribution in [2.24, 2.45) is 0 Å². The molecule has 1 amide bonds. The largest absolute Gasteiger partial charge is 0.394 e. The lowest BCUT2D eigenvalue weighted by Gasteiger charge is -2.19. The summed E-state index contributed by atoms with van der Waals surface area (Å²) in [6.07, 6.45) is 49.1. The molecule has 42 heavy (non-hydrogen) atoms. The third-order valence-corrected chi connectivity index (χ3v) is 6.51. The molecule has 2 unspecified atom stereocenters. The SMILES string of the molecule is CC/C=C\C/C=C\C/C=C\C/C=C\C/C=C\CCCCCC(=O)NC(CO)C(O)/C=C/CC/C=C/CC/C=C/CCC. The molecule has 0 aromatic carbocycles. The molecule has 0 spiro atoms. The van der Waals surface area contributed by atoms with Crippen LogP contribution in [-0.2, 0) is 4.79 Å². The highest BCUT2D eigenvalue weighted by atomic mass is 16.3. The smallest absolute Gasteiger partial charge is 0.220 e. The number of hydrogen-bond donors (Lipinski definition) is 3. The van der Waals surface area contributed by atoms with Crippen LogP contribution in [0.2, 0.25) is 0 Å². The molecule has 3 N–H and O–H groups in total. The maximum absolute atomic E-state index is 12.3. The summed E-state index contributed by atoms with van der Waals surface area (Å²) in [7, 11) is 0. The molecule has 0 aliphatic heterocycles. The molecule has 0 aliphatic carbocycles. The highest BCUT2D eigenvalue weighted by molar-refractivity contribution is 5.76. The Balaban J connectivity index is 3.85. The van der Waals surface area contributed by atoms with E-state index in [0.717, 1.165) is 89.9 Å². The van der Waals surface area contributed by atoms with Gasteiger partial charge in [-0.05, 0) is 83.5 Å². The van der Waals surface area contributed by atoms with Crippen molar-refractivity contribution in [3.05, 3.63) is 97.2 Å². The fourth-order valence-corrected chi connectivity index (χ4v) is 4.00. The first-order valence-electron chi connectivity index (χ1n) is 16.5. The number of hydrogen-bond acceptors (Lipinski definition) is 3. The molecule has 0 heterocycles. The molecule has 0 rings (SSSR count). The minimum absolute atomic E-state index is 0.118. The predicted octanol–water partition coefficient (Wildman–Crippen LogP) is 9.56. The van der Waals surface area contributed by atoms with Crippen molar-refractivity contribution < 1.29 is 15.0 Å². The Morgan fingerprint density at radius 1 is 0.595 bits per heavy atom. The van der Waals surface area contributed by atoms with Crippen LogP contribution in [0.3, 0.4) is 0 Å². The molecule has 0 radical (unpaired) electrons. The number of carbonyl (C=O) groups is 1. The summed E-state index contributed by atoms with van der Waals surface area (Å²) in [5, 5.41) is 22.7. The zero-order valence-electron chi connectivity index (χ0n) is 26.7. The van der Waals surface area contributed by atoms with Gasteiger partial charge >= 0.3 is 0 Å². The van der Waals surface area contributed by atoms with Gasteiger partial charge in [-0.3, -0.25) is 4.79 Å². The number of carbonyl (C=O) groups excluding carboxylic acids is 1. The van der Waals surface area contributed by atoms with E-state index in [-0.39, 0.29) is 12.5 Å². The second kappa shape index (κ2) is 32.8. The van der Waals surface area contributed by atoms with Crippen molar-refractivity contribution in [1.29, 1.82) is 0 Å². The van der Waals surface area contributed by atoms with Crippen molar-refractivity contribution in [3.8, 4) is 0 Å². The maximum atomic E-state index is 12.3. The van der Waals surface area contributed by atoms with Gasteiger partial charge in [0.05, 0.1) is 18.8 Å². The quantitative estimate of drug-likeness (QED) is 0.0670. The summed E-state index contributed by atoms with van der Waals surface area (Å²) in [6.45, 7) is 4.05. The van der Waals surface area contributed by atoms with Crippen LogP contribution >= 0.6 is 0 Å². The van der Waals surface area contributed by atoms with Gasteiger partial charge in [-0.25, -0.2) is 0 Å². The topological polar surface area (TPSA) is 69.6 Å². The second-order valence-electron chi connectivity index (χ2n) is 10.5. The summed E-state index contributed by atoms with van der Waals surface area (Å²) < 4.78 is 0. The Hall–Kier alpha value is -2.69. The van der Waals surface area contributed by atoms with Gasteiger partial charge in [0.15, 0.2) is 0 Å². The first kappa shape index (κ1) is 39.3. The van der Waals surface area contributed by atoms with Gasteiger partial charge in [0, 0.05) is 6.42 Å². The van der Waals surface area contributed by atoms with Gasteiger partial charge in [0.1, 0.15) is 0 Å². The van der Waals surface area contributed by atoms with Gasteiger partial charge < -0.3 is 15.5 Å². The van der Waals surface area contributed by atoms with Crippen molar-refractivity contribution in [2.75, 3.05) is 6.61 Å². The fourth-order valence-electron chi connectivity index (χ4n) is 4.00. The maximum Gasteiger partial charge on any atom is 0.220 e. The van der Waals surface area contributed by atoms with E-state index in [2.05, 4.69) is 104 Å². The number of nitrogens with one attached hydrogen (secondary N) is 1. The first-order chi connectivity index (χ1) is 20.7. The van der Waals surface area contributed by atoms with E-state index in [1.165, 1.54) is 6.42 Å². The minimum atomic E-state index is -0.887. The Bertz CT molecular complexity index is 844. The number of aliphatic hydroxyl groups excluding tert-OH is 2. The van der Waals surface area contributed by atoms with Crippen LogP contribution in [0.5, 0.6) is 0 Å². The van der Waals surface area contributed by atoms with Crippen LogP contribution in [0.15, 0.2) is 97.2 Å². The molecular weight excluding hydrogens is 518 g/mol. The lowest BCUT2D eigenvalue weighted by Crippen LogP contribution is -2.45. The first-order valence-corrected chi connectivity index (χ1v) is 16.5.